The minimum absolute atomic E-state index is 0.0598. The molecule has 0 amide bonds. The number of furan rings is 1. The Balaban J connectivity index is 1.54. The van der Waals surface area contributed by atoms with Crippen molar-refractivity contribution < 1.29 is 33.0 Å². The number of methoxy groups -OCH3 is 1. The highest BCUT2D eigenvalue weighted by Crippen LogP contribution is 2.66. The molecule has 3 fully saturated rings. The summed E-state index contributed by atoms with van der Waals surface area (Å²) < 4.78 is 22.5. The zero-order valence-corrected chi connectivity index (χ0v) is 21.9. The van der Waals surface area contributed by atoms with Crippen molar-refractivity contribution in [2.75, 3.05) is 7.11 Å². The number of fused-ring (bicyclic) bond motifs is 3. The Morgan fingerprint density at radius 2 is 2.03 bits per heavy atom. The fraction of sp³-hybridized carbons (Fsp3) is 0.536. The van der Waals surface area contributed by atoms with Crippen molar-refractivity contribution in [1.29, 1.82) is 0 Å². The lowest BCUT2D eigenvalue weighted by Crippen LogP contribution is -2.63. The fourth-order valence-electron chi connectivity index (χ4n) is 7.17. The maximum Gasteiger partial charge on any atom is 0.349 e. The fourth-order valence-corrected chi connectivity index (χ4v) is 7.95. The van der Waals surface area contributed by atoms with Crippen molar-refractivity contribution in [3.05, 3.63) is 58.4 Å². The van der Waals surface area contributed by atoms with E-state index in [0.717, 1.165) is 17.5 Å². The van der Waals surface area contributed by atoms with Crippen LogP contribution in [-0.4, -0.2) is 30.9 Å². The average molecular weight is 513 g/mol. The molecule has 36 heavy (non-hydrogen) atoms. The first-order valence-corrected chi connectivity index (χ1v) is 13.2. The topological polar surface area (TPSA) is 92.0 Å². The zero-order chi connectivity index (χ0) is 25.8. The van der Waals surface area contributed by atoms with E-state index >= 15 is 0 Å². The van der Waals surface area contributed by atoms with Crippen LogP contribution in [0.15, 0.2) is 46.8 Å². The monoisotopic (exact) mass is 512 g/mol. The van der Waals surface area contributed by atoms with Crippen LogP contribution < -0.4 is 0 Å². The Kier molecular flexibility index (Phi) is 6.14. The van der Waals surface area contributed by atoms with E-state index in [9.17, 15) is 14.4 Å². The molecule has 2 aromatic rings. The number of carbonyl (C=O) groups excluding carboxylic acids is 3. The van der Waals surface area contributed by atoms with Gasteiger partial charge in [0.15, 0.2) is 11.9 Å². The van der Waals surface area contributed by atoms with Gasteiger partial charge in [-0.3, -0.25) is 9.59 Å². The number of carbonyl (C=O) groups is 3. The lowest BCUT2D eigenvalue weighted by Gasteiger charge is -2.62. The van der Waals surface area contributed by atoms with Gasteiger partial charge in [0.1, 0.15) is 11.0 Å². The zero-order valence-electron chi connectivity index (χ0n) is 21.1. The molecule has 2 aliphatic carbocycles. The van der Waals surface area contributed by atoms with E-state index in [4.69, 9.17) is 18.6 Å². The van der Waals surface area contributed by atoms with Gasteiger partial charge in [-0.25, -0.2) is 4.79 Å². The Labute approximate surface area is 214 Å². The first-order valence-electron chi connectivity index (χ1n) is 12.3. The standard InChI is InChI=1S/C28H32O7S/c1-15-10-22(36-14-15)26(31)35-20-11-19(25(30)32-5)27(3)8-6-18-16(2)34-21(17-7-9-33-13-17)12-28(18,4)24(27)23(20)29/h7,9-10,13-14,18-21,24H,2,6,8,11-12H2,1,3-5H3/t18-,19-,20-,21-,24-,27-,28-/m0/s1. The van der Waals surface area contributed by atoms with E-state index < -0.39 is 34.7 Å². The maximum atomic E-state index is 14.2. The summed E-state index contributed by atoms with van der Waals surface area (Å²) in [5.74, 6) is -1.57. The van der Waals surface area contributed by atoms with Gasteiger partial charge >= 0.3 is 11.9 Å². The van der Waals surface area contributed by atoms with Gasteiger partial charge in [0, 0.05) is 23.8 Å². The average Bonchev–Trinajstić information content (AvgIpc) is 3.51. The minimum Gasteiger partial charge on any atom is -0.490 e. The second-order valence-electron chi connectivity index (χ2n) is 11.0. The highest BCUT2D eigenvalue weighted by atomic mass is 32.1. The van der Waals surface area contributed by atoms with E-state index in [1.807, 2.05) is 25.3 Å². The van der Waals surface area contributed by atoms with E-state index in [-0.39, 0.29) is 30.2 Å². The third-order valence-electron chi connectivity index (χ3n) is 8.82. The van der Waals surface area contributed by atoms with Gasteiger partial charge in [-0.1, -0.05) is 20.4 Å². The molecule has 3 aliphatic rings. The van der Waals surface area contributed by atoms with Crippen LogP contribution in [0.1, 0.15) is 66.4 Å². The molecular weight excluding hydrogens is 480 g/mol. The summed E-state index contributed by atoms with van der Waals surface area (Å²) in [5, 5.41) is 1.87. The van der Waals surface area contributed by atoms with Gasteiger partial charge in [0.2, 0.25) is 0 Å². The second kappa shape index (κ2) is 8.91. The predicted octanol–water partition coefficient (Wildman–Crippen LogP) is 5.65. The summed E-state index contributed by atoms with van der Waals surface area (Å²) in [6.07, 6.45) is 3.98. The Hall–Kier alpha value is -2.87. The molecule has 0 N–H and O–H groups in total. The summed E-state index contributed by atoms with van der Waals surface area (Å²) >= 11 is 1.28. The quantitative estimate of drug-likeness (QED) is 0.489. The summed E-state index contributed by atoms with van der Waals surface area (Å²) in [4.78, 5) is 40.7. The number of hydrogen-bond acceptors (Lipinski definition) is 8. The minimum atomic E-state index is -1.03. The maximum absolute atomic E-state index is 14.2. The van der Waals surface area contributed by atoms with E-state index in [1.54, 1.807) is 18.6 Å². The van der Waals surface area contributed by atoms with Crippen molar-refractivity contribution >= 4 is 29.1 Å². The highest BCUT2D eigenvalue weighted by Gasteiger charge is 2.66. The largest absolute Gasteiger partial charge is 0.490 e. The summed E-state index contributed by atoms with van der Waals surface area (Å²) in [6, 6.07) is 3.61. The molecule has 0 unspecified atom stereocenters. The molecule has 0 bridgehead atoms. The SMILES string of the molecule is C=C1O[C@H](c2ccoc2)C[C@]2(C)[C@H]3C(=O)[C@@H](OC(=O)c4cc(C)cs4)C[C@@H](C(=O)OC)[C@]3(C)CC[C@@H]12. The van der Waals surface area contributed by atoms with Crippen LogP contribution in [0.3, 0.4) is 0 Å². The number of esters is 2. The van der Waals surface area contributed by atoms with Gasteiger partial charge in [-0.05, 0) is 60.1 Å². The molecule has 7 atom stereocenters. The molecule has 7 nitrogen and oxygen atoms in total. The normalized spacial score (nSPS) is 35.8. The number of aryl methyl sites for hydroxylation is 1. The van der Waals surface area contributed by atoms with Gasteiger partial charge in [-0.2, -0.15) is 0 Å². The second-order valence-corrected chi connectivity index (χ2v) is 11.9. The Morgan fingerprint density at radius 1 is 1.25 bits per heavy atom. The van der Waals surface area contributed by atoms with Crippen LogP contribution in [0.25, 0.3) is 0 Å². The number of ether oxygens (including phenoxy) is 3. The molecule has 0 spiro atoms. The van der Waals surface area contributed by atoms with Gasteiger partial charge in [-0.15, -0.1) is 11.3 Å². The smallest absolute Gasteiger partial charge is 0.349 e. The molecule has 2 saturated carbocycles. The molecule has 5 rings (SSSR count). The molecule has 1 aliphatic heterocycles. The van der Waals surface area contributed by atoms with Gasteiger partial charge < -0.3 is 18.6 Å². The highest BCUT2D eigenvalue weighted by molar-refractivity contribution is 7.12. The van der Waals surface area contributed by atoms with Crippen molar-refractivity contribution in [2.45, 2.75) is 58.7 Å². The Morgan fingerprint density at radius 3 is 2.67 bits per heavy atom. The summed E-state index contributed by atoms with van der Waals surface area (Å²) in [7, 11) is 1.37. The number of ketones is 1. The van der Waals surface area contributed by atoms with Crippen LogP contribution in [0.2, 0.25) is 0 Å². The van der Waals surface area contributed by atoms with Crippen LogP contribution in [-0.2, 0) is 23.8 Å². The van der Waals surface area contributed by atoms with Gasteiger partial charge in [0.25, 0.3) is 0 Å². The molecule has 8 heteroatoms. The van der Waals surface area contributed by atoms with Gasteiger partial charge in [0.05, 0.1) is 31.3 Å². The first kappa shape index (κ1) is 24.8. The molecule has 192 valence electrons. The third kappa shape index (κ3) is 3.81. The number of allylic oxidation sites excluding steroid dienone is 1. The summed E-state index contributed by atoms with van der Waals surface area (Å²) in [5.41, 5.74) is 0.636. The third-order valence-corrected chi connectivity index (χ3v) is 9.85. The molecule has 0 aromatic carbocycles. The number of thiophene rings is 1. The van der Waals surface area contributed by atoms with Crippen LogP contribution in [0.4, 0.5) is 0 Å². The number of rotatable bonds is 4. The van der Waals surface area contributed by atoms with Crippen molar-refractivity contribution in [3.8, 4) is 0 Å². The molecule has 2 aromatic heterocycles. The lowest BCUT2D eigenvalue weighted by atomic mass is 9.43. The van der Waals surface area contributed by atoms with Crippen molar-refractivity contribution in [3.63, 3.8) is 0 Å². The van der Waals surface area contributed by atoms with Crippen molar-refractivity contribution in [1.82, 2.24) is 0 Å². The van der Waals surface area contributed by atoms with E-state index in [2.05, 4.69) is 13.5 Å². The predicted molar refractivity (Wildman–Crippen MR) is 132 cm³/mol. The molecular formula is C28H32O7S. The number of hydrogen-bond donors (Lipinski definition) is 0. The van der Waals surface area contributed by atoms with Crippen LogP contribution >= 0.6 is 11.3 Å². The van der Waals surface area contributed by atoms with E-state index in [0.29, 0.717) is 23.5 Å². The molecule has 1 saturated heterocycles. The van der Waals surface area contributed by atoms with E-state index in [1.165, 1.54) is 18.4 Å². The van der Waals surface area contributed by atoms with Crippen molar-refractivity contribution in [2.24, 2.45) is 28.6 Å². The lowest BCUT2D eigenvalue weighted by molar-refractivity contribution is -0.193. The Bertz CT molecular complexity index is 1200. The first-order chi connectivity index (χ1) is 17.1. The number of Topliss-reactive ketones (excluding diaryl/α,β-unsaturated/α-hetero) is 1. The molecule has 3 heterocycles. The molecule has 0 radical (unpaired) electrons. The van der Waals surface area contributed by atoms with Crippen LogP contribution in [0.5, 0.6) is 0 Å². The summed E-state index contributed by atoms with van der Waals surface area (Å²) in [6.45, 7) is 10.2. The van der Waals surface area contributed by atoms with Crippen LogP contribution in [0, 0.1) is 35.5 Å².